The quantitative estimate of drug-likeness (QED) is 0.917. The van der Waals surface area contributed by atoms with Gasteiger partial charge in [-0.25, -0.2) is 4.79 Å². The summed E-state index contributed by atoms with van der Waals surface area (Å²) in [4.78, 5) is 11.8. The summed E-state index contributed by atoms with van der Waals surface area (Å²) < 4.78 is 10.7. The molecule has 1 fully saturated rings. The predicted molar refractivity (Wildman–Crippen MR) is 87.2 cm³/mol. The van der Waals surface area contributed by atoms with Crippen LogP contribution in [0.15, 0.2) is 24.3 Å². The standard InChI is InChI=1S/C18H27NO3/c1-18(2,3)22-17(20)19-15-10-9-13(12-15)11-14-7-5-6-8-16(14)21-4/h5-8,13,15H,9-12H2,1-4H3,(H,19,20)/t13-,15-/m1/s1. The van der Waals surface area contributed by atoms with Crippen LogP contribution < -0.4 is 10.1 Å². The van der Waals surface area contributed by atoms with E-state index >= 15 is 0 Å². The fraction of sp³-hybridized carbons (Fsp3) is 0.611. The number of methoxy groups -OCH3 is 1. The fourth-order valence-electron chi connectivity index (χ4n) is 3.05. The predicted octanol–water partition coefficient (Wildman–Crippen LogP) is 3.93. The van der Waals surface area contributed by atoms with E-state index < -0.39 is 5.60 Å². The highest BCUT2D eigenvalue weighted by Crippen LogP contribution is 2.31. The van der Waals surface area contributed by atoms with Gasteiger partial charge in [0.25, 0.3) is 0 Å². The van der Waals surface area contributed by atoms with E-state index in [1.165, 1.54) is 5.56 Å². The second kappa shape index (κ2) is 7.03. The van der Waals surface area contributed by atoms with Crippen molar-refractivity contribution in [1.29, 1.82) is 0 Å². The van der Waals surface area contributed by atoms with E-state index in [1.807, 2.05) is 39.0 Å². The van der Waals surface area contributed by atoms with Crippen molar-refractivity contribution in [1.82, 2.24) is 5.32 Å². The van der Waals surface area contributed by atoms with Crippen molar-refractivity contribution in [3.8, 4) is 5.75 Å². The van der Waals surface area contributed by atoms with E-state index in [0.29, 0.717) is 5.92 Å². The Hall–Kier alpha value is -1.71. The first kappa shape index (κ1) is 16.7. The van der Waals surface area contributed by atoms with Crippen LogP contribution in [0.1, 0.15) is 45.6 Å². The molecule has 0 radical (unpaired) electrons. The molecule has 122 valence electrons. The van der Waals surface area contributed by atoms with Gasteiger partial charge in [-0.3, -0.25) is 0 Å². The first-order valence-corrected chi connectivity index (χ1v) is 7.99. The summed E-state index contributed by atoms with van der Waals surface area (Å²) in [6, 6.07) is 8.37. The third-order valence-electron chi connectivity index (χ3n) is 3.96. The van der Waals surface area contributed by atoms with Crippen LogP contribution in [-0.2, 0) is 11.2 Å². The lowest BCUT2D eigenvalue weighted by Crippen LogP contribution is -2.38. The second-order valence-electron chi connectivity index (χ2n) is 7.04. The topological polar surface area (TPSA) is 47.6 Å². The van der Waals surface area contributed by atoms with E-state index in [-0.39, 0.29) is 12.1 Å². The van der Waals surface area contributed by atoms with Crippen LogP contribution in [0.5, 0.6) is 5.75 Å². The van der Waals surface area contributed by atoms with Gasteiger partial charge in [0.05, 0.1) is 7.11 Å². The lowest BCUT2D eigenvalue weighted by atomic mass is 9.97. The molecule has 0 bridgehead atoms. The van der Waals surface area contributed by atoms with Gasteiger partial charge < -0.3 is 14.8 Å². The Balaban J connectivity index is 1.84. The summed E-state index contributed by atoms with van der Waals surface area (Å²) in [7, 11) is 1.71. The molecule has 0 aromatic heterocycles. The maximum Gasteiger partial charge on any atom is 0.407 e. The Bertz CT molecular complexity index is 507. The molecule has 1 aromatic carbocycles. The zero-order valence-corrected chi connectivity index (χ0v) is 14.0. The largest absolute Gasteiger partial charge is 0.496 e. The number of carbonyl (C=O) groups excluding carboxylic acids is 1. The van der Waals surface area contributed by atoms with Gasteiger partial charge in [-0.05, 0) is 64.0 Å². The average molecular weight is 305 g/mol. The molecule has 1 amide bonds. The van der Waals surface area contributed by atoms with Gasteiger partial charge in [0, 0.05) is 6.04 Å². The van der Waals surface area contributed by atoms with Crippen LogP contribution in [0.3, 0.4) is 0 Å². The normalized spacial score (nSPS) is 21.5. The highest BCUT2D eigenvalue weighted by Gasteiger charge is 2.28. The van der Waals surface area contributed by atoms with Crippen LogP contribution >= 0.6 is 0 Å². The van der Waals surface area contributed by atoms with Crippen molar-refractivity contribution in [2.45, 2.75) is 58.1 Å². The SMILES string of the molecule is COc1ccccc1C[C@H]1CC[C@@H](NC(=O)OC(C)(C)C)C1. The Morgan fingerprint density at radius 2 is 2.00 bits per heavy atom. The molecule has 4 heteroatoms. The van der Waals surface area contributed by atoms with E-state index in [0.717, 1.165) is 31.4 Å². The Labute approximate surface area is 133 Å². The molecule has 1 aliphatic rings. The van der Waals surface area contributed by atoms with E-state index in [2.05, 4.69) is 11.4 Å². The van der Waals surface area contributed by atoms with Crippen LogP contribution in [0.2, 0.25) is 0 Å². The molecule has 2 atom stereocenters. The maximum atomic E-state index is 11.8. The van der Waals surface area contributed by atoms with Crippen LogP contribution in [0.4, 0.5) is 4.79 Å². The molecule has 2 rings (SSSR count). The molecule has 1 N–H and O–H groups in total. The molecule has 0 unspecified atom stereocenters. The summed E-state index contributed by atoms with van der Waals surface area (Å²) in [5.41, 5.74) is 0.798. The summed E-state index contributed by atoms with van der Waals surface area (Å²) in [5, 5.41) is 2.99. The summed E-state index contributed by atoms with van der Waals surface area (Å²) in [6.07, 6.45) is 3.82. The number of hydrogen-bond donors (Lipinski definition) is 1. The lowest BCUT2D eigenvalue weighted by molar-refractivity contribution is 0.0504. The molecular formula is C18H27NO3. The second-order valence-corrected chi connectivity index (χ2v) is 7.04. The number of carbonyl (C=O) groups is 1. The Kier molecular flexibility index (Phi) is 5.33. The average Bonchev–Trinajstić information content (AvgIpc) is 2.84. The highest BCUT2D eigenvalue weighted by atomic mass is 16.6. The molecular weight excluding hydrogens is 278 g/mol. The summed E-state index contributed by atoms with van der Waals surface area (Å²) in [5.74, 6) is 1.53. The number of hydrogen-bond acceptors (Lipinski definition) is 3. The molecule has 0 spiro atoms. The molecule has 1 aromatic rings. The molecule has 1 saturated carbocycles. The van der Waals surface area contributed by atoms with Gasteiger partial charge in [-0.2, -0.15) is 0 Å². The monoisotopic (exact) mass is 305 g/mol. The molecule has 22 heavy (non-hydrogen) atoms. The third-order valence-corrected chi connectivity index (χ3v) is 3.96. The van der Waals surface area contributed by atoms with Gasteiger partial charge in [-0.15, -0.1) is 0 Å². The van der Waals surface area contributed by atoms with Crippen molar-refractivity contribution in [3.63, 3.8) is 0 Å². The number of benzene rings is 1. The van der Waals surface area contributed by atoms with Gasteiger partial charge in [-0.1, -0.05) is 18.2 Å². The molecule has 0 aliphatic heterocycles. The van der Waals surface area contributed by atoms with Gasteiger partial charge in [0.1, 0.15) is 11.4 Å². The minimum Gasteiger partial charge on any atom is -0.496 e. The molecule has 1 aliphatic carbocycles. The zero-order valence-electron chi connectivity index (χ0n) is 14.0. The van der Waals surface area contributed by atoms with Crippen LogP contribution in [-0.4, -0.2) is 24.8 Å². The maximum absolute atomic E-state index is 11.8. The van der Waals surface area contributed by atoms with E-state index in [4.69, 9.17) is 9.47 Å². The van der Waals surface area contributed by atoms with Crippen molar-refractivity contribution in [3.05, 3.63) is 29.8 Å². The van der Waals surface area contributed by atoms with Gasteiger partial charge in [0.2, 0.25) is 0 Å². The van der Waals surface area contributed by atoms with Crippen molar-refractivity contribution < 1.29 is 14.3 Å². The van der Waals surface area contributed by atoms with Crippen molar-refractivity contribution >= 4 is 6.09 Å². The van der Waals surface area contributed by atoms with Crippen LogP contribution in [0.25, 0.3) is 0 Å². The minimum atomic E-state index is -0.445. The number of alkyl carbamates (subject to hydrolysis) is 1. The first-order chi connectivity index (χ1) is 10.4. The number of amides is 1. The first-order valence-electron chi connectivity index (χ1n) is 7.99. The lowest BCUT2D eigenvalue weighted by Gasteiger charge is -2.21. The summed E-state index contributed by atoms with van der Waals surface area (Å²) in [6.45, 7) is 5.64. The smallest absolute Gasteiger partial charge is 0.407 e. The van der Waals surface area contributed by atoms with E-state index in [9.17, 15) is 4.79 Å². The Morgan fingerprint density at radius 1 is 1.27 bits per heavy atom. The number of para-hydroxylation sites is 1. The number of ether oxygens (including phenoxy) is 2. The summed E-state index contributed by atoms with van der Waals surface area (Å²) >= 11 is 0. The molecule has 4 nitrogen and oxygen atoms in total. The van der Waals surface area contributed by atoms with Crippen molar-refractivity contribution in [2.24, 2.45) is 5.92 Å². The minimum absolute atomic E-state index is 0.217. The molecule has 0 saturated heterocycles. The molecule has 0 heterocycles. The van der Waals surface area contributed by atoms with Crippen LogP contribution in [0, 0.1) is 5.92 Å². The van der Waals surface area contributed by atoms with Gasteiger partial charge in [0.15, 0.2) is 0 Å². The zero-order chi connectivity index (χ0) is 16.2. The number of nitrogens with one attached hydrogen (secondary N) is 1. The Morgan fingerprint density at radius 3 is 2.68 bits per heavy atom. The fourth-order valence-corrected chi connectivity index (χ4v) is 3.05. The van der Waals surface area contributed by atoms with Crippen molar-refractivity contribution in [2.75, 3.05) is 7.11 Å². The highest BCUT2D eigenvalue weighted by molar-refractivity contribution is 5.68. The van der Waals surface area contributed by atoms with E-state index in [1.54, 1.807) is 7.11 Å². The number of rotatable bonds is 4. The van der Waals surface area contributed by atoms with Gasteiger partial charge >= 0.3 is 6.09 Å². The third kappa shape index (κ3) is 4.93.